The van der Waals surface area contributed by atoms with Crippen LogP contribution >= 0.6 is 31.9 Å². The minimum absolute atomic E-state index is 0.563. The second-order valence-corrected chi connectivity index (χ2v) is 3.99. The summed E-state index contributed by atoms with van der Waals surface area (Å²) in [4.78, 5) is 0.563. The van der Waals surface area contributed by atoms with Crippen LogP contribution in [0, 0.1) is 0 Å². The molecule has 0 amide bonds. The highest BCUT2D eigenvalue weighted by Crippen LogP contribution is 2.11. The predicted molar refractivity (Wildman–Crippen MR) is 45.9 cm³/mol. The van der Waals surface area contributed by atoms with Crippen molar-refractivity contribution in [3.8, 4) is 0 Å². The first-order valence-corrected chi connectivity index (χ1v) is 4.57. The maximum absolute atomic E-state index is 3.84. The summed E-state index contributed by atoms with van der Waals surface area (Å²) in [6.07, 6.45) is 1.06. The van der Waals surface area contributed by atoms with Crippen LogP contribution in [0.15, 0.2) is 12.2 Å². The summed E-state index contributed by atoms with van der Waals surface area (Å²) in [5.74, 6) is 0. The van der Waals surface area contributed by atoms with E-state index in [0.29, 0.717) is 4.83 Å². The van der Waals surface area contributed by atoms with E-state index in [0.717, 1.165) is 11.8 Å². The van der Waals surface area contributed by atoms with E-state index in [1.165, 1.54) is 5.57 Å². The van der Waals surface area contributed by atoms with Gasteiger partial charge in [-0.05, 0) is 6.42 Å². The van der Waals surface area contributed by atoms with Gasteiger partial charge in [0.25, 0.3) is 0 Å². The predicted octanol–water partition coefficient (Wildman–Crippen LogP) is 3.11. The van der Waals surface area contributed by atoms with Gasteiger partial charge in [-0.15, -0.1) is 0 Å². The van der Waals surface area contributed by atoms with Gasteiger partial charge in [0.1, 0.15) is 0 Å². The van der Waals surface area contributed by atoms with Gasteiger partial charge in [-0.1, -0.05) is 50.9 Å². The van der Waals surface area contributed by atoms with Gasteiger partial charge in [0.2, 0.25) is 0 Å². The first-order valence-electron chi connectivity index (χ1n) is 2.53. The summed E-state index contributed by atoms with van der Waals surface area (Å²) in [5, 5.41) is 0.920. The van der Waals surface area contributed by atoms with Crippen molar-refractivity contribution in [2.45, 2.75) is 18.2 Å². The lowest BCUT2D eigenvalue weighted by atomic mass is 10.2. The molecule has 0 aromatic carbocycles. The summed E-state index contributed by atoms with van der Waals surface area (Å²) >= 11 is 6.76. The first-order chi connectivity index (χ1) is 3.66. The summed E-state index contributed by atoms with van der Waals surface area (Å²) < 4.78 is 0. The van der Waals surface area contributed by atoms with Crippen LogP contribution in [0.3, 0.4) is 0 Å². The molecule has 0 aliphatic rings. The molecule has 1 unspecified atom stereocenters. The Labute approximate surface area is 67.6 Å². The van der Waals surface area contributed by atoms with Crippen molar-refractivity contribution in [1.82, 2.24) is 0 Å². The topological polar surface area (TPSA) is 0 Å². The van der Waals surface area contributed by atoms with E-state index in [9.17, 15) is 0 Å². The Balaban J connectivity index is 3.25. The lowest BCUT2D eigenvalue weighted by molar-refractivity contribution is 0.951. The smallest absolute Gasteiger partial charge is 0.0239 e. The average molecular weight is 242 g/mol. The normalized spacial score (nSPS) is 13.4. The second kappa shape index (κ2) is 4.57. The van der Waals surface area contributed by atoms with Gasteiger partial charge in [0.15, 0.2) is 0 Å². The largest absolute Gasteiger partial charge is 0.0990 e. The number of hydrogen-bond donors (Lipinski definition) is 0. The van der Waals surface area contributed by atoms with E-state index in [-0.39, 0.29) is 0 Å². The monoisotopic (exact) mass is 240 g/mol. The van der Waals surface area contributed by atoms with Crippen molar-refractivity contribution >= 4 is 31.9 Å². The van der Waals surface area contributed by atoms with Gasteiger partial charge in [0, 0.05) is 10.2 Å². The van der Waals surface area contributed by atoms with Gasteiger partial charge < -0.3 is 0 Å². The maximum Gasteiger partial charge on any atom is 0.0239 e. The van der Waals surface area contributed by atoms with E-state index >= 15 is 0 Å². The van der Waals surface area contributed by atoms with E-state index < -0.39 is 0 Å². The Hall–Kier alpha value is 0.700. The third-order valence-corrected chi connectivity index (χ3v) is 1.88. The molecule has 0 heterocycles. The van der Waals surface area contributed by atoms with Crippen LogP contribution in [0.2, 0.25) is 0 Å². The molecule has 0 aromatic rings. The van der Waals surface area contributed by atoms with Gasteiger partial charge in [-0.3, -0.25) is 0 Å². The molecule has 0 aliphatic carbocycles. The number of halogens is 2. The van der Waals surface area contributed by atoms with E-state index in [1.54, 1.807) is 0 Å². The Kier molecular flexibility index (Phi) is 4.97. The summed E-state index contributed by atoms with van der Waals surface area (Å²) in [5.41, 5.74) is 1.24. The Morgan fingerprint density at radius 1 is 1.75 bits per heavy atom. The van der Waals surface area contributed by atoms with Crippen molar-refractivity contribution in [2.24, 2.45) is 0 Å². The highest BCUT2D eigenvalue weighted by molar-refractivity contribution is 9.09. The fraction of sp³-hybridized carbons (Fsp3) is 0.667. The van der Waals surface area contributed by atoms with Crippen LogP contribution in [-0.2, 0) is 0 Å². The third kappa shape index (κ3) is 4.85. The molecule has 48 valence electrons. The highest BCUT2D eigenvalue weighted by atomic mass is 79.9. The minimum atomic E-state index is 0.563. The molecule has 0 nitrogen and oxygen atoms in total. The molecular formula is C6H10Br2. The quantitative estimate of drug-likeness (QED) is 0.526. The molecule has 0 aromatic heterocycles. The molecule has 8 heavy (non-hydrogen) atoms. The van der Waals surface area contributed by atoms with Crippen molar-refractivity contribution in [1.29, 1.82) is 0 Å². The standard InChI is InChI=1S/C6H10Br2/c1-5(4-7)3-6(2)8/h6H,1,3-4H2,2H3. The van der Waals surface area contributed by atoms with Crippen molar-refractivity contribution < 1.29 is 0 Å². The number of hydrogen-bond acceptors (Lipinski definition) is 0. The lowest BCUT2D eigenvalue weighted by Crippen LogP contribution is -1.92. The maximum atomic E-state index is 3.84. The fourth-order valence-corrected chi connectivity index (χ4v) is 1.14. The minimum Gasteiger partial charge on any atom is -0.0990 e. The molecule has 2 heteroatoms. The lowest BCUT2D eigenvalue weighted by Gasteiger charge is -2.01. The number of allylic oxidation sites excluding steroid dienone is 1. The molecule has 0 aliphatic heterocycles. The zero-order valence-electron chi connectivity index (χ0n) is 4.95. The van der Waals surface area contributed by atoms with Gasteiger partial charge in [0.05, 0.1) is 0 Å². The zero-order valence-corrected chi connectivity index (χ0v) is 8.13. The van der Waals surface area contributed by atoms with E-state index in [4.69, 9.17) is 0 Å². The number of rotatable bonds is 3. The van der Waals surface area contributed by atoms with Crippen LogP contribution in [0.5, 0.6) is 0 Å². The molecule has 1 atom stereocenters. The van der Waals surface area contributed by atoms with Crippen LogP contribution in [-0.4, -0.2) is 10.2 Å². The molecule has 0 bridgehead atoms. The fourth-order valence-electron chi connectivity index (χ4n) is 0.452. The van der Waals surface area contributed by atoms with Crippen molar-refractivity contribution in [3.63, 3.8) is 0 Å². The summed E-state index contributed by atoms with van der Waals surface area (Å²) in [6, 6.07) is 0. The molecular weight excluding hydrogens is 232 g/mol. The van der Waals surface area contributed by atoms with Crippen LogP contribution in [0.25, 0.3) is 0 Å². The first kappa shape index (κ1) is 8.70. The SMILES string of the molecule is C=C(CBr)CC(C)Br. The summed E-state index contributed by atoms with van der Waals surface area (Å²) in [7, 11) is 0. The molecule has 0 fully saturated rings. The Morgan fingerprint density at radius 2 is 2.25 bits per heavy atom. The zero-order chi connectivity index (χ0) is 6.57. The summed E-state index contributed by atoms with van der Waals surface area (Å²) in [6.45, 7) is 5.96. The molecule has 0 rings (SSSR count). The number of alkyl halides is 2. The van der Waals surface area contributed by atoms with Crippen LogP contribution in [0.4, 0.5) is 0 Å². The molecule has 0 spiro atoms. The second-order valence-electron chi connectivity index (χ2n) is 1.87. The van der Waals surface area contributed by atoms with Gasteiger partial charge in [-0.25, -0.2) is 0 Å². The molecule has 0 saturated carbocycles. The Bertz CT molecular complexity index is 76.6. The van der Waals surface area contributed by atoms with Gasteiger partial charge in [-0.2, -0.15) is 0 Å². The molecule has 0 radical (unpaired) electrons. The highest BCUT2D eigenvalue weighted by Gasteiger charge is 1.96. The van der Waals surface area contributed by atoms with Crippen LogP contribution < -0.4 is 0 Å². The van der Waals surface area contributed by atoms with Crippen molar-refractivity contribution in [3.05, 3.63) is 12.2 Å². The molecule has 0 saturated heterocycles. The third-order valence-electron chi connectivity index (χ3n) is 0.759. The van der Waals surface area contributed by atoms with E-state index in [2.05, 4.69) is 45.4 Å². The van der Waals surface area contributed by atoms with Crippen LogP contribution in [0.1, 0.15) is 13.3 Å². The molecule has 0 N–H and O–H groups in total. The van der Waals surface area contributed by atoms with Gasteiger partial charge >= 0.3 is 0 Å². The van der Waals surface area contributed by atoms with Crippen molar-refractivity contribution in [2.75, 3.05) is 5.33 Å². The van der Waals surface area contributed by atoms with E-state index in [1.807, 2.05) is 0 Å². The Morgan fingerprint density at radius 3 is 2.38 bits per heavy atom. The average Bonchev–Trinajstić information content (AvgIpc) is 1.65.